The van der Waals surface area contributed by atoms with Crippen molar-refractivity contribution in [2.45, 2.75) is 12.8 Å². The molecule has 1 amide bonds. The van der Waals surface area contributed by atoms with Crippen LogP contribution in [0, 0.1) is 15.4 Å². The molecule has 0 radical (unpaired) electrons. The minimum atomic E-state index is -0.809. The molecule has 108 valence electrons. The summed E-state index contributed by atoms with van der Waals surface area (Å²) < 4.78 is 6.63. The molecule has 0 atom stereocenters. The molecule has 2 N–H and O–H groups in total. The Morgan fingerprint density at radius 3 is 2.50 bits per heavy atom. The molecule has 2 rings (SSSR count). The Bertz CT molecular complexity index is 482. The average molecular weight is 389 g/mol. The van der Waals surface area contributed by atoms with E-state index in [4.69, 9.17) is 9.84 Å². The Morgan fingerprint density at radius 2 is 1.90 bits per heavy atom. The molecule has 0 unspecified atom stereocenters. The van der Waals surface area contributed by atoms with Crippen molar-refractivity contribution in [2.24, 2.45) is 11.8 Å². The lowest BCUT2D eigenvalue weighted by molar-refractivity contribution is -0.148. The molecule has 1 aromatic rings. The highest BCUT2D eigenvalue weighted by Gasteiger charge is 2.38. The van der Waals surface area contributed by atoms with Crippen molar-refractivity contribution < 1.29 is 19.4 Å². The normalized spacial score (nSPS) is 20.9. The van der Waals surface area contributed by atoms with E-state index in [1.54, 1.807) is 0 Å². The summed E-state index contributed by atoms with van der Waals surface area (Å²) in [6, 6.07) is 7.67. The Morgan fingerprint density at radius 1 is 1.25 bits per heavy atom. The second kappa shape index (κ2) is 6.92. The SMILES string of the molecule is O=C(O)C1CC(C(=O)NCCOc2ccc(I)cc2)C1. The first kappa shape index (κ1) is 15.1. The predicted octanol–water partition coefficient (Wildman–Crippen LogP) is 1.90. The molecule has 6 heteroatoms. The van der Waals surface area contributed by atoms with Crippen LogP contribution >= 0.6 is 22.6 Å². The Kier molecular flexibility index (Phi) is 5.22. The van der Waals surface area contributed by atoms with Crippen molar-refractivity contribution >= 4 is 34.5 Å². The lowest BCUT2D eigenvalue weighted by Gasteiger charge is -2.30. The Labute approximate surface area is 130 Å². The first-order chi connectivity index (χ1) is 9.56. The maximum atomic E-state index is 11.7. The van der Waals surface area contributed by atoms with Gasteiger partial charge in [-0.2, -0.15) is 0 Å². The number of benzene rings is 1. The number of aliphatic carboxylic acids is 1. The highest BCUT2D eigenvalue weighted by Crippen LogP contribution is 2.33. The van der Waals surface area contributed by atoms with Crippen LogP contribution in [0.15, 0.2) is 24.3 Å². The minimum Gasteiger partial charge on any atom is -0.492 e. The number of hydrogen-bond acceptors (Lipinski definition) is 3. The Balaban J connectivity index is 1.61. The molecule has 1 aromatic carbocycles. The lowest BCUT2D eigenvalue weighted by atomic mass is 9.74. The van der Waals surface area contributed by atoms with Crippen molar-refractivity contribution in [3.8, 4) is 5.75 Å². The minimum absolute atomic E-state index is 0.0753. The van der Waals surface area contributed by atoms with E-state index in [1.165, 1.54) is 0 Å². The van der Waals surface area contributed by atoms with E-state index in [-0.39, 0.29) is 17.7 Å². The van der Waals surface area contributed by atoms with E-state index in [2.05, 4.69) is 27.9 Å². The number of carbonyl (C=O) groups is 2. The predicted molar refractivity (Wildman–Crippen MR) is 81.5 cm³/mol. The number of halogens is 1. The monoisotopic (exact) mass is 389 g/mol. The molecule has 0 heterocycles. The van der Waals surface area contributed by atoms with E-state index >= 15 is 0 Å². The van der Waals surface area contributed by atoms with Gasteiger partial charge in [0.15, 0.2) is 0 Å². The molecule has 0 saturated heterocycles. The van der Waals surface area contributed by atoms with Gasteiger partial charge in [-0.1, -0.05) is 0 Å². The quantitative estimate of drug-likeness (QED) is 0.576. The van der Waals surface area contributed by atoms with Crippen LogP contribution in [0.1, 0.15) is 12.8 Å². The Hall–Kier alpha value is -1.31. The van der Waals surface area contributed by atoms with E-state index < -0.39 is 5.97 Å². The van der Waals surface area contributed by atoms with Gasteiger partial charge in [-0.3, -0.25) is 9.59 Å². The molecule has 0 bridgehead atoms. The van der Waals surface area contributed by atoms with Crippen LogP contribution < -0.4 is 10.1 Å². The van der Waals surface area contributed by atoms with Gasteiger partial charge in [0.2, 0.25) is 5.91 Å². The number of amides is 1. The molecule has 1 saturated carbocycles. The summed E-state index contributed by atoms with van der Waals surface area (Å²) in [5.74, 6) is -0.623. The number of ether oxygens (including phenoxy) is 1. The summed E-state index contributed by atoms with van der Waals surface area (Å²) in [7, 11) is 0. The third kappa shape index (κ3) is 4.09. The standard InChI is InChI=1S/C14H16INO4/c15-11-1-3-12(4-2-11)20-6-5-16-13(17)9-7-10(8-9)14(18)19/h1-4,9-10H,5-8H2,(H,16,17)(H,18,19). The first-order valence-electron chi connectivity index (χ1n) is 6.45. The summed E-state index contributed by atoms with van der Waals surface area (Å²) in [6.07, 6.45) is 0.887. The van der Waals surface area contributed by atoms with Gasteiger partial charge in [0.1, 0.15) is 12.4 Å². The molecular formula is C14H16INO4. The van der Waals surface area contributed by atoms with Gasteiger partial charge in [0, 0.05) is 9.49 Å². The molecule has 5 nitrogen and oxygen atoms in total. The summed E-state index contributed by atoms with van der Waals surface area (Å²) >= 11 is 2.22. The molecule has 0 aliphatic heterocycles. The molecular weight excluding hydrogens is 373 g/mol. The zero-order chi connectivity index (χ0) is 14.5. The number of carboxylic acid groups (broad SMARTS) is 1. The second-order valence-corrected chi connectivity index (χ2v) is 6.04. The van der Waals surface area contributed by atoms with Gasteiger partial charge in [0.05, 0.1) is 12.5 Å². The van der Waals surface area contributed by atoms with Crippen LogP contribution in [0.25, 0.3) is 0 Å². The summed E-state index contributed by atoms with van der Waals surface area (Å²) in [5, 5.41) is 11.5. The van der Waals surface area contributed by atoms with Crippen molar-refractivity contribution in [1.82, 2.24) is 5.32 Å². The van der Waals surface area contributed by atoms with Gasteiger partial charge in [-0.05, 0) is 59.7 Å². The van der Waals surface area contributed by atoms with Crippen molar-refractivity contribution in [3.05, 3.63) is 27.8 Å². The number of carbonyl (C=O) groups excluding carboxylic acids is 1. The van der Waals surface area contributed by atoms with Crippen LogP contribution in [-0.2, 0) is 9.59 Å². The maximum Gasteiger partial charge on any atom is 0.306 e. The number of carboxylic acids is 1. The van der Waals surface area contributed by atoms with E-state index in [1.807, 2.05) is 24.3 Å². The molecule has 1 aliphatic rings. The summed E-state index contributed by atoms with van der Waals surface area (Å²) in [4.78, 5) is 22.3. The van der Waals surface area contributed by atoms with Crippen molar-refractivity contribution in [3.63, 3.8) is 0 Å². The largest absolute Gasteiger partial charge is 0.492 e. The molecule has 1 aliphatic carbocycles. The summed E-state index contributed by atoms with van der Waals surface area (Å²) in [6.45, 7) is 0.834. The zero-order valence-corrected chi connectivity index (χ0v) is 13.0. The third-order valence-corrected chi connectivity index (χ3v) is 4.06. The fourth-order valence-electron chi connectivity index (χ4n) is 2.05. The zero-order valence-electron chi connectivity index (χ0n) is 10.8. The van der Waals surface area contributed by atoms with Gasteiger partial charge in [-0.15, -0.1) is 0 Å². The second-order valence-electron chi connectivity index (χ2n) is 4.80. The number of rotatable bonds is 6. The average Bonchev–Trinajstić information content (AvgIpc) is 2.34. The van der Waals surface area contributed by atoms with Gasteiger partial charge in [0.25, 0.3) is 0 Å². The fourth-order valence-corrected chi connectivity index (χ4v) is 2.41. The fraction of sp³-hybridized carbons (Fsp3) is 0.429. The molecule has 0 spiro atoms. The van der Waals surface area contributed by atoms with Crippen LogP contribution in [0.5, 0.6) is 5.75 Å². The van der Waals surface area contributed by atoms with Crippen LogP contribution in [0.2, 0.25) is 0 Å². The van der Waals surface area contributed by atoms with Crippen molar-refractivity contribution in [1.29, 1.82) is 0 Å². The smallest absolute Gasteiger partial charge is 0.306 e. The van der Waals surface area contributed by atoms with Crippen LogP contribution in [0.4, 0.5) is 0 Å². The highest BCUT2D eigenvalue weighted by molar-refractivity contribution is 14.1. The van der Waals surface area contributed by atoms with E-state index in [9.17, 15) is 9.59 Å². The first-order valence-corrected chi connectivity index (χ1v) is 7.53. The topological polar surface area (TPSA) is 75.6 Å². The number of nitrogens with one attached hydrogen (secondary N) is 1. The van der Waals surface area contributed by atoms with Gasteiger partial charge in [-0.25, -0.2) is 0 Å². The molecule has 1 fully saturated rings. The molecule has 20 heavy (non-hydrogen) atoms. The lowest BCUT2D eigenvalue weighted by Crippen LogP contribution is -2.42. The van der Waals surface area contributed by atoms with E-state index in [0.717, 1.165) is 9.32 Å². The van der Waals surface area contributed by atoms with Crippen LogP contribution in [-0.4, -0.2) is 30.1 Å². The van der Waals surface area contributed by atoms with Gasteiger partial charge >= 0.3 is 5.97 Å². The van der Waals surface area contributed by atoms with Gasteiger partial charge < -0.3 is 15.2 Å². The summed E-state index contributed by atoms with van der Waals surface area (Å²) in [5.41, 5.74) is 0. The highest BCUT2D eigenvalue weighted by atomic mass is 127. The molecule has 0 aromatic heterocycles. The van der Waals surface area contributed by atoms with Crippen molar-refractivity contribution in [2.75, 3.05) is 13.2 Å². The third-order valence-electron chi connectivity index (χ3n) is 3.34. The number of hydrogen-bond donors (Lipinski definition) is 2. The van der Waals surface area contributed by atoms with E-state index in [0.29, 0.717) is 26.0 Å². The maximum absolute atomic E-state index is 11.7. The van der Waals surface area contributed by atoms with Crippen LogP contribution in [0.3, 0.4) is 0 Å².